The summed E-state index contributed by atoms with van der Waals surface area (Å²) in [5.74, 6) is -0.248. The van der Waals surface area contributed by atoms with E-state index in [0.717, 1.165) is 4.57 Å². The van der Waals surface area contributed by atoms with Gasteiger partial charge < -0.3 is 10.1 Å². The number of hydrogen-bond donors (Lipinski definition) is 1. The molecule has 0 fully saturated rings. The molecule has 0 aliphatic rings. The van der Waals surface area contributed by atoms with Gasteiger partial charge in [-0.05, 0) is 66.4 Å². The van der Waals surface area contributed by atoms with Gasteiger partial charge in [0.1, 0.15) is 22.8 Å². The number of carbonyl (C=O) groups is 1. The van der Waals surface area contributed by atoms with E-state index in [4.69, 9.17) is 4.74 Å². The van der Waals surface area contributed by atoms with E-state index in [1.54, 1.807) is 49.7 Å². The summed E-state index contributed by atoms with van der Waals surface area (Å²) < 4.78 is 21.2. The van der Waals surface area contributed by atoms with E-state index in [-0.39, 0.29) is 12.2 Å². The van der Waals surface area contributed by atoms with Crippen LogP contribution >= 0.6 is 11.3 Å². The molecular formula is C22H18FN3O4S. The molecule has 9 heteroatoms. The van der Waals surface area contributed by atoms with Crippen LogP contribution in [0.2, 0.25) is 0 Å². The number of hydrogen-bond acceptors (Lipinski definition) is 5. The van der Waals surface area contributed by atoms with Gasteiger partial charge in [-0.15, -0.1) is 11.3 Å². The summed E-state index contributed by atoms with van der Waals surface area (Å²) >= 11 is 1.18. The lowest BCUT2D eigenvalue weighted by atomic mass is 10.2. The molecule has 0 saturated heterocycles. The summed E-state index contributed by atoms with van der Waals surface area (Å²) in [6.45, 7) is 1.32. The molecule has 0 bridgehead atoms. The predicted molar refractivity (Wildman–Crippen MR) is 118 cm³/mol. The first-order chi connectivity index (χ1) is 14.9. The molecule has 0 atom stereocenters. The van der Waals surface area contributed by atoms with Crippen LogP contribution in [0.25, 0.3) is 15.9 Å². The van der Waals surface area contributed by atoms with Crippen molar-refractivity contribution in [2.45, 2.75) is 13.5 Å². The maximum absolute atomic E-state index is 13.5. The lowest BCUT2D eigenvalue weighted by molar-refractivity contribution is -0.116. The number of rotatable bonds is 5. The fourth-order valence-corrected chi connectivity index (χ4v) is 4.16. The smallest absolute Gasteiger partial charge is 0.336 e. The summed E-state index contributed by atoms with van der Waals surface area (Å²) in [4.78, 5) is 38.9. The molecule has 0 saturated carbocycles. The lowest BCUT2D eigenvalue weighted by Crippen LogP contribution is -2.40. The largest absolute Gasteiger partial charge is 0.497 e. The fraction of sp³-hybridized carbons (Fsp3) is 0.136. The van der Waals surface area contributed by atoms with Crippen molar-refractivity contribution in [3.8, 4) is 11.4 Å². The van der Waals surface area contributed by atoms with Gasteiger partial charge in [-0.25, -0.2) is 13.8 Å². The van der Waals surface area contributed by atoms with Gasteiger partial charge >= 0.3 is 5.69 Å². The molecule has 0 unspecified atom stereocenters. The van der Waals surface area contributed by atoms with E-state index in [1.807, 2.05) is 0 Å². The third-order valence-corrected chi connectivity index (χ3v) is 5.72. The second-order valence-electron chi connectivity index (χ2n) is 6.85. The Bertz CT molecular complexity index is 1400. The van der Waals surface area contributed by atoms with Crippen molar-refractivity contribution < 1.29 is 13.9 Å². The average molecular weight is 439 g/mol. The van der Waals surface area contributed by atoms with Gasteiger partial charge in [0.15, 0.2) is 0 Å². The Labute approximate surface area is 180 Å². The van der Waals surface area contributed by atoms with Gasteiger partial charge in [0.25, 0.3) is 5.56 Å². The lowest BCUT2D eigenvalue weighted by Gasteiger charge is -2.14. The van der Waals surface area contributed by atoms with Crippen LogP contribution in [0.4, 0.5) is 10.1 Å². The number of benzene rings is 2. The summed E-state index contributed by atoms with van der Waals surface area (Å²) in [5.41, 5.74) is 0.455. The number of carbonyl (C=O) groups excluding carboxylic acids is 1. The Hall–Kier alpha value is -3.72. The van der Waals surface area contributed by atoms with E-state index in [2.05, 4.69) is 5.32 Å². The number of aryl methyl sites for hydroxylation is 1. The molecule has 0 aliphatic carbocycles. The van der Waals surface area contributed by atoms with Crippen LogP contribution in [-0.4, -0.2) is 22.2 Å². The van der Waals surface area contributed by atoms with Crippen LogP contribution in [0.3, 0.4) is 0 Å². The minimum Gasteiger partial charge on any atom is -0.497 e. The van der Waals surface area contributed by atoms with Crippen molar-refractivity contribution in [2.75, 3.05) is 12.4 Å². The quantitative estimate of drug-likeness (QED) is 0.517. The van der Waals surface area contributed by atoms with E-state index in [0.29, 0.717) is 27.2 Å². The number of fused-ring (bicyclic) bond motifs is 1. The Balaban J connectivity index is 1.77. The van der Waals surface area contributed by atoms with E-state index < -0.39 is 23.0 Å². The highest BCUT2D eigenvalue weighted by atomic mass is 32.1. The Kier molecular flexibility index (Phi) is 5.43. The summed E-state index contributed by atoms with van der Waals surface area (Å²) in [5, 5.41) is 4.42. The fourth-order valence-electron chi connectivity index (χ4n) is 3.34. The zero-order valence-electron chi connectivity index (χ0n) is 16.7. The molecule has 158 valence electrons. The van der Waals surface area contributed by atoms with Gasteiger partial charge in [0.05, 0.1) is 18.3 Å². The molecule has 4 aromatic rings. The standard InChI is InChI=1S/C22H18FN3O4S/c1-13-11-14(23)3-8-17(13)26-21(28)20-18(9-10-31-20)25(22(26)29)12-19(27)24-15-4-6-16(30-2)7-5-15/h3-11H,12H2,1-2H3,(H,24,27). The van der Waals surface area contributed by atoms with E-state index >= 15 is 0 Å². The molecule has 2 aromatic heterocycles. The highest BCUT2D eigenvalue weighted by Crippen LogP contribution is 2.19. The molecule has 7 nitrogen and oxygen atoms in total. The normalized spacial score (nSPS) is 10.9. The van der Waals surface area contributed by atoms with Crippen molar-refractivity contribution in [1.82, 2.24) is 9.13 Å². The number of nitrogens with one attached hydrogen (secondary N) is 1. The highest BCUT2D eigenvalue weighted by molar-refractivity contribution is 7.17. The number of nitrogens with zero attached hydrogens (tertiary/aromatic N) is 2. The van der Waals surface area contributed by atoms with Gasteiger partial charge in [-0.3, -0.25) is 14.2 Å². The molecule has 2 heterocycles. The molecule has 0 spiro atoms. The van der Waals surface area contributed by atoms with Gasteiger partial charge in [-0.1, -0.05) is 0 Å². The van der Waals surface area contributed by atoms with Crippen LogP contribution in [-0.2, 0) is 11.3 Å². The highest BCUT2D eigenvalue weighted by Gasteiger charge is 2.18. The number of thiophene rings is 1. The van der Waals surface area contributed by atoms with Crippen LogP contribution in [0.15, 0.2) is 63.5 Å². The van der Waals surface area contributed by atoms with Gasteiger partial charge in [0, 0.05) is 5.69 Å². The van der Waals surface area contributed by atoms with Crippen molar-refractivity contribution in [2.24, 2.45) is 0 Å². The number of amides is 1. The predicted octanol–water partition coefficient (Wildman–Crippen LogP) is 3.31. The second kappa shape index (κ2) is 8.19. The van der Waals surface area contributed by atoms with Gasteiger partial charge in [-0.2, -0.15) is 0 Å². The third kappa shape index (κ3) is 3.87. The van der Waals surface area contributed by atoms with Crippen LogP contribution in [0.1, 0.15) is 5.56 Å². The van der Waals surface area contributed by atoms with Crippen molar-refractivity contribution in [1.29, 1.82) is 0 Å². The topological polar surface area (TPSA) is 82.3 Å². The van der Waals surface area contributed by atoms with Crippen molar-refractivity contribution in [3.63, 3.8) is 0 Å². The van der Waals surface area contributed by atoms with Crippen molar-refractivity contribution in [3.05, 3.63) is 86.1 Å². The number of anilines is 1. The molecule has 4 rings (SSSR count). The Morgan fingerprint density at radius 3 is 2.55 bits per heavy atom. The maximum Gasteiger partial charge on any atom is 0.336 e. The molecule has 0 radical (unpaired) electrons. The SMILES string of the molecule is COc1ccc(NC(=O)Cn2c(=O)n(-c3ccc(F)cc3C)c(=O)c3sccc32)cc1. The molecular weight excluding hydrogens is 421 g/mol. The molecule has 1 N–H and O–H groups in total. The van der Waals surface area contributed by atoms with Crippen molar-refractivity contribution >= 4 is 33.1 Å². The summed E-state index contributed by atoms with van der Waals surface area (Å²) in [6.07, 6.45) is 0. The maximum atomic E-state index is 13.5. The molecule has 0 aliphatic heterocycles. The molecule has 1 amide bonds. The first kappa shape index (κ1) is 20.5. The monoisotopic (exact) mass is 439 g/mol. The summed E-state index contributed by atoms with van der Waals surface area (Å²) in [7, 11) is 1.55. The minimum atomic E-state index is -0.671. The second-order valence-corrected chi connectivity index (χ2v) is 7.77. The Morgan fingerprint density at radius 1 is 1.13 bits per heavy atom. The minimum absolute atomic E-state index is 0.274. The van der Waals surface area contributed by atoms with Crippen LogP contribution in [0, 0.1) is 12.7 Å². The average Bonchev–Trinajstić information content (AvgIpc) is 3.23. The Morgan fingerprint density at radius 2 is 1.87 bits per heavy atom. The zero-order chi connectivity index (χ0) is 22.1. The number of methoxy groups -OCH3 is 1. The number of halogens is 1. The third-order valence-electron chi connectivity index (χ3n) is 4.83. The summed E-state index contributed by atoms with van der Waals surface area (Å²) in [6, 6.07) is 12.2. The first-order valence-electron chi connectivity index (χ1n) is 9.32. The first-order valence-corrected chi connectivity index (χ1v) is 10.2. The van der Waals surface area contributed by atoms with E-state index in [1.165, 1.54) is 34.1 Å². The van der Waals surface area contributed by atoms with Gasteiger partial charge in [0.2, 0.25) is 5.91 Å². The zero-order valence-corrected chi connectivity index (χ0v) is 17.5. The number of ether oxygens (including phenoxy) is 1. The van der Waals surface area contributed by atoms with Crippen LogP contribution < -0.4 is 21.3 Å². The molecule has 2 aromatic carbocycles. The molecule has 31 heavy (non-hydrogen) atoms. The van der Waals surface area contributed by atoms with E-state index in [9.17, 15) is 18.8 Å². The van der Waals surface area contributed by atoms with Crippen LogP contribution in [0.5, 0.6) is 5.75 Å². The number of aromatic nitrogens is 2.